The maximum atomic E-state index is 12.8. The summed E-state index contributed by atoms with van der Waals surface area (Å²) in [6.07, 6.45) is 3.25. The number of anilines is 1. The fourth-order valence-corrected chi connectivity index (χ4v) is 2.99. The van der Waals surface area contributed by atoms with Crippen LogP contribution < -0.4 is 4.90 Å². The number of halogens is 1. The lowest BCUT2D eigenvalue weighted by Gasteiger charge is -2.36. The number of thioether (sulfide) groups is 1. The molecular formula is C14H20FN3OS. The van der Waals surface area contributed by atoms with Crippen LogP contribution in [0, 0.1) is 11.7 Å². The zero-order valence-electron chi connectivity index (χ0n) is 11.9. The molecule has 1 atom stereocenters. The van der Waals surface area contributed by atoms with Crippen molar-refractivity contribution < 1.29 is 9.18 Å². The third-order valence-electron chi connectivity index (χ3n) is 3.47. The number of nitrogens with zero attached hydrogens (tertiary/aromatic N) is 3. The van der Waals surface area contributed by atoms with E-state index in [1.807, 2.05) is 18.1 Å². The molecule has 2 rings (SSSR count). The third-order valence-corrected chi connectivity index (χ3v) is 4.30. The van der Waals surface area contributed by atoms with Crippen molar-refractivity contribution in [3.8, 4) is 0 Å². The molecule has 4 nitrogen and oxygen atoms in total. The number of rotatable bonds is 4. The first-order valence-corrected chi connectivity index (χ1v) is 8.15. The molecule has 1 aromatic rings. The molecule has 1 saturated heterocycles. The lowest BCUT2D eigenvalue weighted by atomic mass is 10.1. The van der Waals surface area contributed by atoms with E-state index in [1.165, 1.54) is 12.3 Å². The molecule has 2 heterocycles. The number of carbonyl (C=O) groups excluding carboxylic acids is 1. The van der Waals surface area contributed by atoms with Gasteiger partial charge in [0.25, 0.3) is 0 Å². The van der Waals surface area contributed by atoms with Crippen LogP contribution in [-0.4, -0.2) is 54.0 Å². The van der Waals surface area contributed by atoms with E-state index in [2.05, 4.69) is 9.88 Å². The van der Waals surface area contributed by atoms with E-state index in [4.69, 9.17) is 0 Å². The standard InChI is InChI=1S/C14H20FN3OS/c1-11(10-20-2)14(19)18-7-5-17(6-8-18)13-4-3-12(15)9-16-13/h3-4,9,11H,5-8,10H2,1-2H3. The van der Waals surface area contributed by atoms with Crippen molar-refractivity contribution in [3.05, 3.63) is 24.1 Å². The summed E-state index contributed by atoms with van der Waals surface area (Å²) >= 11 is 1.70. The summed E-state index contributed by atoms with van der Waals surface area (Å²) in [5.41, 5.74) is 0. The summed E-state index contributed by atoms with van der Waals surface area (Å²) in [6, 6.07) is 3.10. The zero-order valence-corrected chi connectivity index (χ0v) is 12.7. The topological polar surface area (TPSA) is 36.4 Å². The van der Waals surface area contributed by atoms with Crippen LogP contribution in [0.3, 0.4) is 0 Å². The number of carbonyl (C=O) groups is 1. The van der Waals surface area contributed by atoms with Gasteiger partial charge in [0, 0.05) is 37.8 Å². The minimum atomic E-state index is -0.326. The van der Waals surface area contributed by atoms with E-state index in [-0.39, 0.29) is 17.6 Å². The predicted molar refractivity (Wildman–Crippen MR) is 80.5 cm³/mol. The van der Waals surface area contributed by atoms with Crippen molar-refractivity contribution in [1.29, 1.82) is 0 Å². The molecule has 110 valence electrons. The molecule has 1 fully saturated rings. The summed E-state index contributed by atoms with van der Waals surface area (Å²) in [7, 11) is 0. The molecule has 20 heavy (non-hydrogen) atoms. The van der Waals surface area contributed by atoms with E-state index in [0.29, 0.717) is 13.1 Å². The van der Waals surface area contributed by atoms with E-state index in [1.54, 1.807) is 17.8 Å². The normalized spacial score (nSPS) is 17.1. The Morgan fingerprint density at radius 1 is 1.40 bits per heavy atom. The highest BCUT2D eigenvalue weighted by Crippen LogP contribution is 2.16. The largest absolute Gasteiger partial charge is 0.353 e. The summed E-state index contributed by atoms with van der Waals surface area (Å²) in [6.45, 7) is 4.88. The second kappa shape index (κ2) is 6.92. The van der Waals surface area contributed by atoms with Crippen molar-refractivity contribution in [3.63, 3.8) is 0 Å². The van der Waals surface area contributed by atoms with Gasteiger partial charge in [-0.2, -0.15) is 11.8 Å². The third kappa shape index (κ3) is 3.62. The maximum Gasteiger partial charge on any atom is 0.226 e. The van der Waals surface area contributed by atoms with E-state index >= 15 is 0 Å². The molecule has 0 spiro atoms. The lowest BCUT2D eigenvalue weighted by molar-refractivity contribution is -0.134. The highest BCUT2D eigenvalue weighted by atomic mass is 32.2. The SMILES string of the molecule is CSCC(C)C(=O)N1CCN(c2ccc(F)cn2)CC1. The molecule has 6 heteroatoms. The van der Waals surface area contributed by atoms with Crippen LogP contribution in [0.1, 0.15) is 6.92 Å². The van der Waals surface area contributed by atoms with Gasteiger partial charge in [0.2, 0.25) is 5.91 Å². The Kier molecular flexibility index (Phi) is 5.23. The number of pyridine rings is 1. The number of hydrogen-bond donors (Lipinski definition) is 0. The minimum Gasteiger partial charge on any atom is -0.353 e. The van der Waals surface area contributed by atoms with Crippen LogP contribution in [0.5, 0.6) is 0 Å². The van der Waals surface area contributed by atoms with Crippen molar-refractivity contribution in [1.82, 2.24) is 9.88 Å². The fraction of sp³-hybridized carbons (Fsp3) is 0.571. The van der Waals surface area contributed by atoms with Crippen LogP contribution in [0.2, 0.25) is 0 Å². The average Bonchev–Trinajstić information content (AvgIpc) is 2.48. The highest BCUT2D eigenvalue weighted by molar-refractivity contribution is 7.98. The molecule has 1 amide bonds. The molecule has 0 aromatic carbocycles. The van der Waals surface area contributed by atoms with Crippen molar-refractivity contribution >= 4 is 23.5 Å². The molecule has 1 aliphatic rings. The van der Waals surface area contributed by atoms with Crippen LogP contribution in [0.4, 0.5) is 10.2 Å². The summed E-state index contributed by atoms with van der Waals surface area (Å²) in [5, 5.41) is 0. The first-order valence-electron chi connectivity index (χ1n) is 6.76. The Hall–Kier alpha value is -1.30. The predicted octanol–water partition coefficient (Wildman–Crippen LogP) is 1.87. The van der Waals surface area contributed by atoms with Gasteiger partial charge in [0.1, 0.15) is 11.6 Å². The van der Waals surface area contributed by atoms with Crippen LogP contribution in [-0.2, 0) is 4.79 Å². The minimum absolute atomic E-state index is 0.0699. The molecule has 0 saturated carbocycles. The van der Waals surface area contributed by atoms with Crippen molar-refractivity contribution in [2.75, 3.05) is 43.1 Å². The van der Waals surface area contributed by atoms with Gasteiger partial charge in [-0.15, -0.1) is 0 Å². The zero-order chi connectivity index (χ0) is 14.5. The Morgan fingerprint density at radius 3 is 2.65 bits per heavy atom. The second-order valence-corrected chi connectivity index (χ2v) is 5.91. The molecule has 1 unspecified atom stereocenters. The Balaban J connectivity index is 1.89. The Labute approximate surface area is 123 Å². The molecule has 0 bridgehead atoms. The van der Waals surface area contributed by atoms with Gasteiger partial charge in [-0.05, 0) is 18.4 Å². The summed E-state index contributed by atoms with van der Waals surface area (Å²) in [5.74, 6) is 1.61. The van der Waals surface area contributed by atoms with Gasteiger partial charge in [0.15, 0.2) is 0 Å². The lowest BCUT2D eigenvalue weighted by Crippen LogP contribution is -2.50. The second-order valence-electron chi connectivity index (χ2n) is 5.00. The number of amides is 1. The van der Waals surface area contributed by atoms with Gasteiger partial charge >= 0.3 is 0 Å². The first-order chi connectivity index (χ1) is 9.61. The summed E-state index contributed by atoms with van der Waals surface area (Å²) < 4.78 is 12.8. The van der Waals surface area contributed by atoms with Crippen molar-refractivity contribution in [2.45, 2.75) is 6.92 Å². The number of aromatic nitrogens is 1. The van der Waals surface area contributed by atoms with Gasteiger partial charge in [-0.25, -0.2) is 9.37 Å². The highest BCUT2D eigenvalue weighted by Gasteiger charge is 2.25. The Bertz CT molecular complexity index is 446. The first kappa shape index (κ1) is 15.1. The molecule has 0 N–H and O–H groups in total. The van der Waals surface area contributed by atoms with E-state index in [9.17, 15) is 9.18 Å². The van der Waals surface area contributed by atoms with Gasteiger partial charge in [-0.1, -0.05) is 6.92 Å². The van der Waals surface area contributed by atoms with Crippen LogP contribution in [0.25, 0.3) is 0 Å². The van der Waals surface area contributed by atoms with Crippen LogP contribution >= 0.6 is 11.8 Å². The molecule has 1 aromatic heterocycles. The quantitative estimate of drug-likeness (QED) is 0.850. The van der Waals surface area contributed by atoms with E-state index < -0.39 is 0 Å². The average molecular weight is 297 g/mol. The smallest absolute Gasteiger partial charge is 0.226 e. The van der Waals surface area contributed by atoms with Gasteiger partial charge in [0.05, 0.1) is 6.20 Å². The van der Waals surface area contributed by atoms with Crippen molar-refractivity contribution in [2.24, 2.45) is 5.92 Å². The number of piperazine rings is 1. The monoisotopic (exact) mass is 297 g/mol. The van der Waals surface area contributed by atoms with Gasteiger partial charge < -0.3 is 9.80 Å². The maximum absolute atomic E-state index is 12.8. The summed E-state index contributed by atoms with van der Waals surface area (Å²) in [4.78, 5) is 20.3. The molecule has 0 aliphatic carbocycles. The molecular weight excluding hydrogens is 277 g/mol. The Morgan fingerprint density at radius 2 is 2.10 bits per heavy atom. The molecule has 0 radical (unpaired) electrons. The van der Waals surface area contributed by atoms with Crippen LogP contribution in [0.15, 0.2) is 18.3 Å². The van der Waals surface area contributed by atoms with E-state index in [0.717, 1.165) is 24.7 Å². The molecule has 1 aliphatic heterocycles. The number of hydrogen-bond acceptors (Lipinski definition) is 4. The fourth-order valence-electron chi connectivity index (χ4n) is 2.34. The van der Waals surface area contributed by atoms with Gasteiger partial charge in [-0.3, -0.25) is 4.79 Å².